The molecule has 0 amide bonds. The van der Waals surface area contributed by atoms with Gasteiger partial charge in [-0.25, -0.2) is 4.39 Å². The van der Waals surface area contributed by atoms with Crippen molar-refractivity contribution in [2.75, 3.05) is 26.2 Å². The quantitative estimate of drug-likeness (QED) is 0.839. The molecule has 1 unspecified atom stereocenters. The molecule has 2 rings (SSSR count). The van der Waals surface area contributed by atoms with Crippen LogP contribution in [0.1, 0.15) is 37.8 Å². The first-order chi connectivity index (χ1) is 9.69. The zero-order chi connectivity index (χ0) is 14.4. The third kappa shape index (κ3) is 4.54. The van der Waals surface area contributed by atoms with Crippen LogP contribution in [-0.2, 0) is 0 Å². The van der Waals surface area contributed by atoms with Gasteiger partial charge in [0, 0.05) is 19.1 Å². The molecule has 0 spiro atoms. The van der Waals surface area contributed by atoms with Crippen molar-refractivity contribution in [2.24, 2.45) is 0 Å². The van der Waals surface area contributed by atoms with Gasteiger partial charge in [-0.3, -0.25) is 0 Å². The topological polar surface area (TPSA) is 35.5 Å². The minimum absolute atomic E-state index is 0.118. The molecule has 0 aliphatic carbocycles. The Morgan fingerprint density at radius 2 is 1.95 bits per heavy atom. The Balaban J connectivity index is 1.87. The molecule has 2 N–H and O–H groups in total. The van der Waals surface area contributed by atoms with Crippen molar-refractivity contribution >= 4 is 0 Å². The summed E-state index contributed by atoms with van der Waals surface area (Å²) in [5, 5.41) is 13.0. The molecule has 1 aromatic rings. The second-order valence-corrected chi connectivity index (χ2v) is 5.52. The lowest BCUT2D eigenvalue weighted by Crippen LogP contribution is -2.37. The molecule has 3 nitrogen and oxygen atoms in total. The summed E-state index contributed by atoms with van der Waals surface area (Å²) >= 11 is 0. The average molecular weight is 280 g/mol. The first kappa shape index (κ1) is 15.4. The average Bonchev–Trinajstić information content (AvgIpc) is 2.46. The summed E-state index contributed by atoms with van der Waals surface area (Å²) in [4.78, 5) is 2.40. The van der Waals surface area contributed by atoms with Crippen molar-refractivity contribution in [3.63, 3.8) is 0 Å². The third-order valence-corrected chi connectivity index (χ3v) is 4.01. The fourth-order valence-corrected chi connectivity index (χ4v) is 2.78. The Kier molecular flexibility index (Phi) is 5.95. The van der Waals surface area contributed by atoms with Gasteiger partial charge in [-0.05, 0) is 50.0 Å². The van der Waals surface area contributed by atoms with E-state index in [0.29, 0.717) is 0 Å². The SMILES string of the molecule is CCNC(CCN1CCC(O)CC1)c1ccc(F)cc1. The van der Waals surface area contributed by atoms with E-state index in [-0.39, 0.29) is 18.0 Å². The summed E-state index contributed by atoms with van der Waals surface area (Å²) in [5.74, 6) is -0.186. The molecule has 0 saturated carbocycles. The number of rotatable bonds is 6. The second kappa shape index (κ2) is 7.72. The molecule has 1 aromatic carbocycles. The summed E-state index contributed by atoms with van der Waals surface area (Å²) in [7, 11) is 0. The van der Waals surface area contributed by atoms with Crippen LogP contribution in [-0.4, -0.2) is 42.3 Å². The van der Waals surface area contributed by atoms with Crippen molar-refractivity contribution in [3.8, 4) is 0 Å². The van der Waals surface area contributed by atoms with Gasteiger partial charge in [0.1, 0.15) is 5.82 Å². The van der Waals surface area contributed by atoms with Crippen molar-refractivity contribution in [1.82, 2.24) is 10.2 Å². The standard InChI is InChI=1S/C16H25FN2O/c1-2-18-16(13-3-5-14(17)6-4-13)9-12-19-10-7-15(20)8-11-19/h3-6,15-16,18,20H,2,7-12H2,1H3. The lowest BCUT2D eigenvalue weighted by Gasteiger charge is -2.31. The van der Waals surface area contributed by atoms with Gasteiger partial charge in [0.2, 0.25) is 0 Å². The Morgan fingerprint density at radius 1 is 1.30 bits per heavy atom. The van der Waals surface area contributed by atoms with Gasteiger partial charge in [-0.1, -0.05) is 19.1 Å². The third-order valence-electron chi connectivity index (χ3n) is 4.01. The van der Waals surface area contributed by atoms with E-state index in [9.17, 15) is 9.50 Å². The largest absolute Gasteiger partial charge is 0.393 e. The van der Waals surface area contributed by atoms with Crippen molar-refractivity contribution in [2.45, 2.75) is 38.3 Å². The number of piperidine rings is 1. The number of halogens is 1. The van der Waals surface area contributed by atoms with E-state index in [1.807, 2.05) is 12.1 Å². The fraction of sp³-hybridized carbons (Fsp3) is 0.625. The number of aliphatic hydroxyl groups excluding tert-OH is 1. The smallest absolute Gasteiger partial charge is 0.123 e. The van der Waals surface area contributed by atoms with Gasteiger partial charge in [-0.2, -0.15) is 0 Å². The van der Waals surface area contributed by atoms with E-state index in [2.05, 4.69) is 17.1 Å². The number of hydrogen-bond donors (Lipinski definition) is 2. The number of aliphatic hydroxyl groups is 1. The Hall–Kier alpha value is -0.970. The summed E-state index contributed by atoms with van der Waals surface area (Å²) in [6.45, 7) is 5.96. The van der Waals surface area contributed by atoms with Crippen molar-refractivity contribution in [3.05, 3.63) is 35.6 Å². The molecule has 4 heteroatoms. The predicted molar refractivity (Wildman–Crippen MR) is 79.1 cm³/mol. The maximum absolute atomic E-state index is 13.0. The number of nitrogens with one attached hydrogen (secondary N) is 1. The zero-order valence-electron chi connectivity index (χ0n) is 12.2. The van der Waals surface area contributed by atoms with Crippen LogP contribution in [0.4, 0.5) is 4.39 Å². The van der Waals surface area contributed by atoms with Gasteiger partial charge < -0.3 is 15.3 Å². The van der Waals surface area contributed by atoms with Crippen LogP contribution in [0, 0.1) is 5.82 Å². The Bertz CT molecular complexity index is 388. The number of likely N-dealkylation sites (tertiary alicyclic amines) is 1. The van der Waals surface area contributed by atoms with Gasteiger partial charge in [-0.15, -0.1) is 0 Å². The highest BCUT2D eigenvalue weighted by atomic mass is 19.1. The summed E-state index contributed by atoms with van der Waals surface area (Å²) in [6.07, 6.45) is 2.65. The van der Waals surface area contributed by atoms with Gasteiger partial charge in [0.05, 0.1) is 6.10 Å². The first-order valence-electron chi connectivity index (χ1n) is 7.58. The highest BCUT2D eigenvalue weighted by molar-refractivity contribution is 5.19. The first-order valence-corrected chi connectivity index (χ1v) is 7.58. The zero-order valence-corrected chi connectivity index (χ0v) is 12.2. The fourth-order valence-electron chi connectivity index (χ4n) is 2.78. The van der Waals surface area contributed by atoms with Crippen LogP contribution in [0.3, 0.4) is 0 Å². The van der Waals surface area contributed by atoms with Gasteiger partial charge in [0.15, 0.2) is 0 Å². The highest BCUT2D eigenvalue weighted by Crippen LogP contribution is 2.19. The van der Waals surface area contributed by atoms with Crippen molar-refractivity contribution in [1.29, 1.82) is 0 Å². The molecule has 112 valence electrons. The molecule has 0 radical (unpaired) electrons. The molecule has 1 heterocycles. The van der Waals surface area contributed by atoms with E-state index < -0.39 is 0 Å². The Labute approximate surface area is 120 Å². The minimum Gasteiger partial charge on any atom is -0.393 e. The maximum Gasteiger partial charge on any atom is 0.123 e. The van der Waals surface area contributed by atoms with E-state index >= 15 is 0 Å². The molecule has 20 heavy (non-hydrogen) atoms. The van der Waals surface area contributed by atoms with Crippen LogP contribution in [0.25, 0.3) is 0 Å². The predicted octanol–water partition coefficient (Wildman–Crippen LogP) is 2.32. The van der Waals surface area contributed by atoms with Crippen LogP contribution >= 0.6 is 0 Å². The van der Waals surface area contributed by atoms with Crippen LogP contribution < -0.4 is 5.32 Å². The second-order valence-electron chi connectivity index (χ2n) is 5.52. The lowest BCUT2D eigenvalue weighted by molar-refractivity contribution is 0.0806. The molecular weight excluding hydrogens is 255 g/mol. The Morgan fingerprint density at radius 3 is 2.55 bits per heavy atom. The van der Waals surface area contributed by atoms with Gasteiger partial charge >= 0.3 is 0 Å². The number of hydrogen-bond acceptors (Lipinski definition) is 3. The number of nitrogens with zero attached hydrogens (tertiary/aromatic N) is 1. The lowest BCUT2D eigenvalue weighted by atomic mass is 10.0. The summed E-state index contributed by atoms with van der Waals surface area (Å²) in [6, 6.07) is 7.05. The minimum atomic E-state index is -0.186. The van der Waals surface area contributed by atoms with E-state index in [1.165, 1.54) is 12.1 Å². The molecule has 1 aliphatic heterocycles. The molecular formula is C16H25FN2O. The number of benzene rings is 1. The van der Waals surface area contributed by atoms with E-state index in [0.717, 1.165) is 51.0 Å². The summed E-state index contributed by atoms with van der Waals surface area (Å²) < 4.78 is 13.0. The van der Waals surface area contributed by atoms with Crippen molar-refractivity contribution < 1.29 is 9.50 Å². The van der Waals surface area contributed by atoms with Crippen LogP contribution in [0.5, 0.6) is 0 Å². The monoisotopic (exact) mass is 280 g/mol. The molecule has 0 aromatic heterocycles. The van der Waals surface area contributed by atoms with Gasteiger partial charge in [0.25, 0.3) is 0 Å². The molecule has 1 atom stereocenters. The van der Waals surface area contributed by atoms with E-state index in [4.69, 9.17) is 0 Å². The normalized spacial score (nSPS) is 19.1. The molecule has 1 fully saturated rings. The molecule has 1 saturated heterocycles. The van der Waals surface area contributed by atoms with Crippen LogP contribution in [0.2, 0.25) is 0 Å². The molecule has 0 bridgehead atoms. The van der Waals surface area contributed by atoms with Crippen LogP contribution in [0.15, 0.2) is 24.3 Å². The highest BCUT2D eigenvalue weighted by Gasteiger charge is 2.18. The molecule has 1 aliphatic rings. The van der Waals surface area contributed by atoms with E-state index in [1.54, 1.807) is 0 Å². The summed E-state index contributed by atoms with van der Waals surface area (Å²) in [5.41, 5.74) is 1.14. The maximum atomic E-state index is 13.0.